The summed E-state index contributed by atoms with van der Waals surface area (Å²) in [4.78, 5) is 15.1. The first kappa shape index (κ1) is 18.6. The highest BCUT2D eigenvalue weighted by atomic mass is 35.5. The van der Waals surface area contributed by atoms with Crippen LogP contribution < -0.4 is 11.4 Å². The van der Waals surface area contributed by atoms with E-state index in [0.717, 1.165) is 6.42 Å². The summed E-state index contributed by atoms with van der Waals surface area (Å²) in [5.41, 5.74) is 6.18. The molecule has 0 spiro atoms. The standard InChI is InChI=1S/C9H13N3O3.C2H3Cl.C2H6/c10-7-3-4-12(9(14)11-7)8-2-1-6(5-13)15-8;1-2-3;1-2/h3-4,6,8,13H,1-2,5H2,(H2,10,11,14);2H,1H2;1-2H3. The fourth-order valence-corrected chi connectivity index (χ4v) is 1.67. The number of halogens is 1. The zero-order chi connectivity index (χ0) is 15.5. The van der Waals surface area contributed by atoms with E-state index >= 15 is 0 Å². The molecule has 7 heteroatoms. The van der Waals surface area contributed by atoms with Gasteiger partial charge in [0.2, 0.25) is 0 Å². The molecule has 1 aliphatic heterocycles. The first-order chi connectivity index (χ1) is 9.62. The second kappa shape index (κ2) is 10.4. The molecule has 20 heavy (non-hydrogen) atoms. The lowest BCUT2D eigenvalue weighted by Crippen LogP contribution is -2.27. The molecule has 3 N–H and O–H groups in total. The van der Waals surface area contributed by atoms with Gasteiger partial charge in [-0.25, -0.2) is 4.79 Å². The Kier molecular flexibility index (Phi) is 9.71. The predicted molar refractivity (Wildman–Crippen MR) is 80.5 cm³/mol. The number of nitrogens with two attached hydrogens (primary N) is 1. The van der Waals surface area contributed by atoms with Gasteiger partial charge >= 0.3 is 5.69 Å². The fourth-order valence-electron chi connectivity index (χ4n) is 1.67. The summed E-state index contributed by atoms with van der Waals surface area (Å²) < 4.78 is 6.84. The Morgan fingerprint density at radius 1 is 1.65 bits per heavy atom. The summed E-state index contributed by atoms with van der Waals surface area (Å²) in [5, 5.41) is 8.90. The van der Waals surface area contributed by atoms with E-state index in [0.29, 0.717) is 6.42 Å². The van der Waals surface area contributed by atoms with Crippen LogP contribution in [0.1, 0.15) is 32.9 Å². The average molecular weight is 304 g/mol. The molecular formula is C13H22ClN3O3. The van der Waals surface area contributed by atoms with Crippen LogP contribution in [0.25, 0.3) is 0 Å². The summed E-state index contributed by atoms with van der Waals surface area (Å²) >= 11 is 4.76. The number of nitrogen functional groups attached to an aromatic ring is 1. The number of hydrogen-bond donors (Lipinski definition) is 2. The van der Waals surface area contributed by atoms with Crippen LogP contribution in [0, 0.1) is 0 Å². The van der Waals surface area contributed by atoms with Gasteiger partial charge in [0.1, 0.15) is 12.0 Å². The summed E-state index contributed by atoms with van der Waals surface area (Å²) in [6, 6.07) is 1.55. The van der Waals surface area contributed by atoms with Crippen molar-refractivity contribution < 1.29 is 9.84 Å². The molecule has 114 valence electrons. The van der Waals surface area contributed by atoms with Gasteiger partial charge in [0.15, 0.2) is 0 Å². The van der Waals surface area contributed by atoms with Crippen molar-refractivity contribution in [1.29, 1.82) is 0 Å². The van der Waals surface area contributed by atoms with Crippen LogP contribution >= 0.6 is 11.6 Å². The minimum absolute atomic E-state index is 0.0202. The highest BCUT2D eigenvalue weighted by Gasteiger charge is 2.26. The normalized spacial score (nSPS) is 20.2. The Hall–Kier alpha value is -1.37. The molecule has 0 bridgehead atoms. The number of aromatic nitrogens is 2. The van der Waals surface area contributed by atoms with Gasteiger partial charge in [0.25, 0.3) is 0 Å². The minimum atomic E-state index is -0.418. The molecule has 0 radical (unpaired) electrons. The molecule has 1 aromatic heterocycles. The first-order valence-corrected chi connectivity index (χ1v) is 6.88. The van der Waals surface area contributed by atoms with E-state index in [9.17, 15) is 4.79 Å². The quantitative estimate of drug-likeness (QED) is 0.870. The fraction of sp³-hybridized carbons (Fsp3) is 0.538. The molecule has 1 aromatic rings. The lowest BCUT2D eigenvalue weighted by Gasteiger charge is -2.14. The predicted octanol–water partition coefficient (Wildman–Crippen LogP) is 1.89. The molecule has 2 atom stereocenters. The summed E-state index contributed by atoms with van der Waals surface area (Å²) in [5.74, 6) is 0.202. The highest BCUT2D eigenvalue weighted by Crippen LogP contribution is 2.26. The average Bonchev–Trinajstić information content (AvgIpc) is 2.90. The Bertz CT molecular complexity index is 451. The minimum Gasteiger partial charge on any atom is -0.394 e. The van der Waals surface area contributed by atoms with Crippen LogP contribution in [0.3, 0.4) is 0 Å². The van der Waals surface area contributed by atoms with Crippen molar-refractivity contribution in [2.75, 3.05) is 12.3 Å². The third-order valence-corrected chi connectivity index (χ3v) is 2.45. The second-order valence-corrected chi connectivity index (χ2v) is 3.98. The summed E-state index contributed by atoms with van der Waals surface area (Å²) in [6.45, 7) is 7.11. The Morgan fingerprint density at radius 3 is 2.70 bits per heavy atom. The van der Waals surface area contributed by atoms with Crippen molar-refractivity contribution in [1.82, 2.24) is 9.55 Å². The van der Waals surface area contributed by atoms with Crippen LogP contribution in [0.2, 0.25) is 0 Å². The zero-order valence-corrected chi connectivity index (χ0v) is 12.6. The number of ether oxygens (including phenoxy) is 1. The van der Waals surface area contributed by atoms with Crippen molar-refractivity contribution in [3.05, 3.63) is 34.9 Å². The van der Waals surface area contributed by atoms with Gasteiger partial charge in [-0.3, -0.25) is 4.57 Å². The summed E-state index contributed by atoms with van der Waals surface area (Å²) in [7, 11) is 0. The zero-order valence-electron chi connectivity index (χ0n) is 11.8. The molecule has 2 unspecified atom stereocenters. The van der Waals surface area contributed by atoms with Crippen molar-refractivity contribution in [2.45, 2.75) is 39.0 Å². The first-order valence-electron chi connectivity index (χ1n) is 6.44. The Labute approximate surface area is 123 Å². The summed E-state index contributed by atoms with van der Waals surface area (Å²) in [6.07, 6.45) is 2.51. The molecule has 1 fully saturated rings. The topological polar surface area (TPSA) is 90.4 Å². The van der Waals surface area contributed by atoms with E-state index in [1.807, 2.05) is 13.8 Å². The third kappa shape index (κ3) is 5.73. The molecule has 0 aliphatic carbocycles. The van der Waals surface area contributed by atoms with E-state index in [1.54, 1.807) is 12.3 Å². The van der Waals surface area contributed by atoms with Gasteiger partial charge in [-0.15, -0.1) is 0 Å². The van der Waals surface area contributed by atoms with Crippen molar-refractivity contribution >= 4 is 17.4 Å². The maximum absolute atomic E-state index is 11.5. The Morgan fingerprint density at radius 2 is 2.25 bits per heavy atom. The molecule has 2 rings (SSSR count). The van der Waals surface area contributed by atoms with E-state index < -0.39 is 5.69 Å². The van der Waals surface area contributed by atoms with Crippen LogP contribution in [0.5, 0.6) is 0 Å². The highest BCUT2D eigenvalue weighted by molar-refractivity contribution is 6.25. The second-order valence-electron chi connectivity index (χ2n) is 3.67. The number of aliphatic hydroxyl groups excluding tert-OH is 1. The molecular weight excluding hydrogens is 282 g/mol. The lowest BCUT2D eigenvalue weighted by atomic mass is 10.2. The number of anilines is 1. The van der Waals surface area contributed by atoms with Crippen LogP contribution in [-0.4, -0.2) is 27.4 Å². The van der Waals surface area contributed by atoms with Gasteiger partial charge < -0.3 is 15.6 Å². The molecule has 2 heterocycles. The van der Waals surface area contributed by atoms with Gasteiger partial charge in [0, 0.05) is 6.20 Å². The molecule has 6 nitrogen and oxygen atoms in total. The molecule has 0 amide bonds. The van der Waals surface area contributed by atoms with E-state index in [-0.39, 0.29) is 24.8 Å². The van der Waals surface area contributed by atoms with Crippen molar-refractivity contribution in [2.24, 2.45) is 0 Å². The maximum Gasteiger partial charge on any atom is 0.351 e. The number of rotatable bonds is 2. The van der Waals surface area contributed by atoms with Gasteiger partial charge in [0.05, 0.1) is 12.7 Å². The van der Waals surface area contributed by atoms with Crippen molar-refractivity contribution in [3.63, 3.8) is 0 Å². The number of nitrogens with zero attached hydrogens (tertiary/aromatic N) is 2. The van der Waals surface area contributed by atoms with Gasteiger partial charge in [-0.1, -0.05) is 32.0 Å². The van der Waals surface area contributed by atoms with E-state index in [1.165, 1.54) is 10.1 Å². The monoisotopic (exact) mass is 303 g/mol. The van der Waals surface area contributed by atoms with Gasteiger partial charge in [-0.05, 0) is 24.4 Å². The maximum atomic E-state index is 11.5. The smallest absolute Gasteiger partial charge is 0.351 e. The number of aliphatic hydroxyl groups is 1. The lowest BCUT2D eigenvalue weighted by molar-refractivity contribution is -0.0245. The van der Waals surface area contributed by atoms with Gasteiger partial charge in [-0.2, -0.15) is 4.98 Å². The molecule has 1 aliphatic rings. The molecule has 0 aromatic carbocycles. The van der Waals surface area contributed by atoms with Crippen LogP contribution in [-0.2, 0) is 4.74 Å². The van der Waals surface area contributed by atoms with Crippen LogP contribution in [0.4, 0.5) is 5.82 Å². The Balaban J connectivity index is 0.000000641. The SMILES string of the molecule is C=CCl.CC.Nc1ccn(C2CCC(CO)O2)c(=O)n1. The van der Waals surface area contributed by atoms with Crippen LogP contribution in [0.15, 0.2) is 29.2 Å². The van der Waals surface area contributed by atoms with Crippen molar-refractivity contribution in [3.8, 4) is 0 Å². The van der Waals surface area contributed by atoms with E-state index in [2.05, 4.69) is 11.6 Å². The number of hydrogen-bond acceptors (Lipinski definition) is 5. The third-order valence-electron chi connectivity index (χ3n) is 2.45. The molecule has 0 saturated carbocycles. The molecule has 1 saturated heterocycles. The largest absolute Gasteiger partial charge is 0.394 e. The van der Waals surface area contributed by atoms with E-state index in [4.69, 9.17) is 27.2 Å².